The summed E-state index contributed by atoms with van der Waals surface area (Å²) in [7, 11) is 0. The highest BCUT2D eigenvalue weighted by molar-refractivity contribution is 6.09. The lowest BCUT2D eigenvalue weighted by Gasteiger charge is -2.21. The second-order valence-electron chi connectivity index (χ2n) is 4.97. The number of amides is 3. The van der Waals surface area contributed by atoms with E-state index < -0.39 is 11.9 Å². The zero-order valence-corrected chi connectivity index (χ0v) is 9.46. The highest BCUT2D eigenvalue weighted by Gasteiger charge is 2.63. The van der Waals surface area contributed by atoms with Gasteiger partial charge in [0.1, 0.15) is 6.04 Å². The quantitative estimate of drug-likeness (QED) is 0.626. The number of ether oxygens (including phenoxy) is 1. The van der Waals surface area contributed by atoms with Crippen LogP contribution in [0.3, 0.4) is 0 Å². The summed E-state index contributed by atoms with van der Waals surface area (Å²) in [6.45, 7) is 1.49. The lowest BCUT2D eigenvalue weighted by atomic mass is 9.81. The van der Waals surface area contributed by atoms with Gasteiger partial charge in [-0.3, -0.25) is 19.3 Å². The fourth-order valence-electron chi connectivity index (χ4n) is 3.24. The zero-order valence-electron chi connectivity index (χ0n) is 9.46. The van der Waals surface area contributed by atoms with E-state index in [1.807, 2.05) is 0 Å². The number of nitrogens with zero attached hydrogens (tertiary/aromatic N) is 1. The van der Waals surface area contributed by atoms with Crippen molar-refractivity contribution >= 4 is 17.7 Å². The molecule has 3 rings (SSSR count). The molecule has 3 fully saturated rings. The Hall–Kier alpha value is -1.43. The van der Waals surface area contributed by atoms with Gasteiger partial charge in [0, 0.05) is 0 Å². The number of carbonyl (C=O) groups is 3. The van der Waals surface area contributed by atoms with E-state index in [0.717, 1.165) is 17.7 Å². The molecule has 6 nitrogen and oxygen atoms in total. The van der Waals surface area contributed by atoms with E-state index in [0.29, 0.717) is 0 Å². The molecule has 0 aromatic heterocycles. The van der Waals surface area contributed by atoms with Crippen molar-refractivity contribution in [1.29, 1.82) is 0 Å². The van der Waals surface area contributed by atoms with Crippen molar-refractivity contribution in [1.82, 2.24) is 4.90 Å². The minimum absolute atomic E-state index is 0.147. The van der Waals surface area contributed by atoms with Gasteiger partial charge in [0.15, 0.2) is 0 Å². The Morgan fingerprint density at radius 1 is 1.29 bits per heavy atom. The minimum atomic E-state index is -0.861. The summed E-state index contributed by atoms with van der Waals surface area (Å²) in [4.78, 5) is 36.5. The second-order valence-corrected chi connectivity index (χ2v) is 4.97. The van der Waals surface area contributed by atoms with Gasteiger partial charge in [-0.1, -0.05) is 0 Å². The number of rotatable bonds is 2. The first-order chi connectivity index (χ1) is 8.02. The summed E-state index contributed by atoms with van der Waals surface area (Å²) in [5.41, 5.74) is 5.16. The largest absolute Gasteiger partial charge is 0.373 e. The van der Waals surface area contributed by atoms with Crippen LogP contribution in [0.5, 0.6) is 0 Å². The number of fused-ring (bicyclic) bond motifs is 5. The standard InChI is InChI=1S/C11H14N2O4/c1-4(9(12)14)13-10(15)7-5-2-3-6(17-5)8(7)11(13)16/h4-8H,2-3H2,1H3,(H2,12,14)/t4-,5+,6+,7+,8+/m1/s1. The van der Waals surface area contributed by atoms with E-state index in [4.69, 9.17) is 10.5 Å². The maximum atomic E-state index is 12.2. The summed E-state index contributed by atoms with van der Waals surface area (Å²) in [6.07, 6.45) is 1.35. The molecule has 92 valence electrons. The molecule has 0 spiro atoms. The Kier molecular flexibility index (Phi) is 2.07. The van der Waals surface area contributed by atoms with E-state index >= 15 is 0 Å². The molecule has 0 unspecified atom stereocenters. The molecule has 3 heterocycles. The third kappa shape index (κ3) is 1.21. The van der Waals surface area contributed by atoms with Crippen LogP contribution in [0.2, 0.25) is 0 Å². The molecule has 6 heteroatoms. The molecule has 0 aromatic rings. The average Bonchev–Trinajstić information content (AvgIpc) is 2.92. The first-order valence-electron chi connectivity index (χ1n) is 5.84. The molecule has 0 radical (unpaired) electrons. The van der Waals surface area contributed by atoms with Crippen molar-refractivity contribution < 1.29 is 19.1 Å². The molecule has 0 aromatic carbocycles. The average molecular weight is 238 g/mol. The zero-order chi connectivity index (χ0) is 12.3. The monoisotopic (exact) mass is 238 g/mol. The third-order valence-corrected chi connectivity index (χ3v) is 4.12. The van der Waals surface area contributed by atoms with Crippen molar-refractivity contribution in [3.8, 4) is 0 Å². The highest BCUT2D eigenvalue weighted by Crippen LogP contribution is 2.48. The third-order valence-electron chi connectivity index (χ3n) is 4.12. The second kappa shape index (κ2) is 3.29. The van der Waals surface area contributed by atoms with Crippen molar-refractivity contribution in [3.05, 3.63) is 0 Å². The van der Waals surface area contributed by atoms with Gasteiger partial charge in [-0.05, 0) is 19.8 Å². The van der Waals surface area contributed by atoms with Gasteiger partial charge in [0.05, 0.1) is 24.0 Å². The van der Waals surface area contributed by atoms with Crippen LogP contribution < -0.4 is 5.73 Å². The lowest BCUT2D eigenvalue weighted by molar-refractivity contribution is -0.148. The summed E-state index contributed by atoms with van der Waals surface area (Å²) in [6, 6.07) is -0.861. The maximum Gasteiger partial charge on any atom is 0.240 e. The molecule has 5 atom stereocenters. The summed E-state index contributed by atoms with van der Waals surface area (Å²) in [5.74, 6) is -2.01. The summed E-state index contributed by atoms with van der Waals surface area (Å²) >= 11 is 0. The van der Waals surface area contributed by atoms with E-state index in [1.165, 1.54) is 6.92 Å². The normalized spacial score (nSPS) is 40.9. The number of hydrogen-bond donors (Lipinski definition) is 1. The van der Waals surface area contributed by atoms with Crippen LogP contribution in [-0.4, -0.2) is 40.9 Å². The van der Waals surface area contributed by atoms with E-state index in [9.17, 15) is 14.4 Å². The number of primary amides is 1. The Balaban J connectivity index is 1.93. The first-order valence-corrected chi connectivity index (χ1v) is 5.84. The highest BCUT2D eigenvalue weighted by atomic mass is 16.5. The van der Waals surface area contributed by atoms with Crippen molar-refractivity contribution in [2.24, 2.45) is 17.6 Å². The van der Waals surface area contributed by atoms with Crippen molar-refractivity contribution in [2.75, 3.05) is 0 Å². The smallest absolute Gasteiger partial charge is 0.240 e. The van der Waals surface area contributed by atoms with Gasteiger partial charge in [-0.2, -0.15) is 0 Å². The fourth-order valence-corrected chi connectivity index (χ4v) is 3.24. The number of carbonyl (C=O) groups excluding carboxylic acids is 3. The predicted octanol–water partition coefficient (Wildman–Crippen LogP) is -0.977. The predicted molar refractivity (Wildman–Crippen MR) is 55.4 cm³/mol. The number of hydrogen-bond acceptors (Lipinski definition) is 4. The van der Waals surface area contributed by atoms with Gasteiger partial charge < -0.3 is 10.5 Å². The minimum Gasteiger partial charge on any atom is -0.373 e. The van der Waals surface area contributed by atoms with Crippen LogP contribution in [0.1, 0.15) is 19.8 Å². The summed E-state index contributed by atoms with van der Waals surface area (Å²) < 4.78 is 5.58. The Morgan fingerprint density at radius 2 is 1.76 bits per heavy atom. The number of likely N-dealkylation sites (tertiary alicyclic amines) is 1. The van der Waals surface area contributed by atoms with Gasteiger partial charge in [-0.15, -0.1) is 0 Å². The molecule has 2 bridgehead atoms. The Bertz CT molecular complexity index is 394. The molecule has 0 aliphatic carbocycles. The van der Waals surface area contributed by atoms with Crippen LogP contribution >= 0.6 is 0 Å². The summed E-state index contributed by atoms with van der Waals surface area (Å²) in [5, 5.41) is 0. The van der Waals surface area contributed by atoms with Crippen molar-refractivity contribution in [2.45, 2.75) is 38.0 Å². The topological polar surface area (TPSA) is 89.7 Å². The van der Waals surface area contributed by atoms with Crippen LogP contribution in [0.15, 0.2) is 0 Å². The SMILES string of the molecule is C[C@H](C(N)=O)N1C(=O)[C@@H]2[C@@H](C1=O)[C@@H]1CC[C@@H]2O1. The fraction of sp³-hybridized carbons (Fsp3) is 0.727. The molecule has 17 heavy (non-hydrogen) atoms. The maximum absolute atomic E-state index is 12.2. The Morgan fingerprint density at radius 3 is 2.18 bits per heavy atom. The van der Waals surface area contributed by atoms with E-state index in [-0.39, 0.29) is 35.9 Å². The molecule has 3 aliphatic heterocycles. The lowest BCUT2D eigenvalue weighted by Crippen LogP contribution is -2.47. The van der Waals surface area contributed by atoms with Crippen LogP contribution in [0, 0.1) is 11.8 Å². The van der Waals surface area contributed by atoms with Crippen molar-refractivity contribution in [3.63, 3.8) is 0 Å². The van der Waals surface area contributed by atoms with Crippen LogP contribution in [-0.2, 0) is 19.1 Å². The number of imide groups is 1. The van der Waals surface area contributed by atoms with Gasteiger partial charge in [0.25, 0.3) is 0 Å². The molecular formula is C11H14N2O4. The molecule has 3 aliphatic rings. The number of nitrogens with two attached hydrogens (primary N) is 1. The van der Waals surface area contributed by atoms with Gasteiger partial charge in [0.2, 0.25) is 17.7 Å². The van der Waals surface area contributed by atoms with Crippen LogP contribution in [0.25, 0.3) is 0 Å². The molecule has 2 N–H and O–H groups in total. The van der Waals surface area contributed by atoms with E-state index in [1.54, 1.807) is 0 Å². The molecule has 3 amide bonds. The molecule has 0 saturated carbocycles. The molecular weight excluding hydrogens is 224 g/mol. The molecule has 3 saturated heterocycles. The Labute approximate surface area is 98.1 Å². The van der Waals surface area contributed by atoms with E-state index in [2.05, 4.69) is 0 Å². The first kappa shape index (κ1) is 10.7. The van der Waals surface area contributed by atoms with Crippen LogP contribution in [0.4, 0.5) is 0 Å². The van der Waals surface area contributed by atoms with Gasteiger partial charge in [-0.25, -0.2) is 0 Å². The van der Waals surface area contributed by atoms with Gasteiger partial charge >= 0.3 is 0 Å².